The van der Waals surface area contributed by atoms with Gasteiger partial charge in [-0.1, -0.05) is 18.2 Å². The molecule has 2 heteroatoms. The molecule has 0 N–H and O–H groups in total. The van der Waals surface area contributed by atoms with Crippen LogP contribution in [0.3, 0.4) is 0 Å². The second kappa shape index (κ2) is 6.66. The fourth-order valence-electron chi connectivity index (χ4n) is 1.81. The summed E-state index contributed by atoms with van der Waals surface area (Å²) in [7, 11) is 0. The molecule has 18 heavy (non-hydrogen) atoms. The van der Waals surface area contributed by atoms with Gasteiger partial charge in [-0.3, -0.25) is 0 Å². The lowest BCUT2D eigenvalue weighted by molar-refractivity contribution is 0.435. The van der Waals surface area contributed by atoms with Crippen LogP contribution in [0, 0.1) is 12.3 Å². The average molecular weight is 239 g/mol. The van der Waals surface area contributed by atoms with E-state index >= 15 is 0 Å². The first kappa shape index (κ1) is 12.4. The summed E-state index contributed by atoms with van der Waals surface area (Å²) >= 11 is 0. The molecule has 0 saturated carbocycles. The third-order valence-electron chi connectivity index (χ3n) is 2.77. The van der Waals surface area contributed by atoms with E-state index in [1.165, 1.54) is 0 Å². The number of aliphatic imine (C=N–C) groups is 1. The molecule has 1 aromatic carbocycles. The number of hydrogen-bond donors (Lipinski definition) is 0. The molecule has 0 fully saturated rings. The van der Waals surface area contributed by atoms with Gasteiger partial charge in [0.2, 0.25) is 5.90 Å². The molecule has 0 unspecified atom stereocenters. The number of unbranched alkanes of at least 4 members (excludes halogenated alkanes) is 3. The largest absolute Gasteiger partial charge is 0.441 e. The van der Waals surface area contributed by atoms with Crippen molar-refractivity contribution in [2.45, 2.75) is 25.7 Å². The molecule has 1 aromatic rings. The van der Waals surface area contributed by atoms with Crippen LogP contribution in [0.5, 0.6) is 0 Å². The van der Waals surface area contributed by atoms with Gasteiger partial charge in [0.25, 0.3) is 0 Å². The third kappa shape index (κ3) is 3.49. The van der Waals surface area contributed by atoms with Gasteiger partial charge in [0.1, 0.15) is 12.3 Å². The lowest BCUT2D eigenvalue weighted by Crippen LogP contribution is -1.99. The Bertz CT molecular complexity index is 480. The molecule has 0 aliphatic carbocycles. The molecule has 1 heterocycles. The van der Waals surface area contributed by atoms with E-state index in [9.17, 15) is 0 Å². The van der Waals surface area contributed by atoms with Crippen molar-refractivity contribution in [3.8, 4) is 12.3 Å². The molecule has 2 nitrogen and oxygen atoms in total. The van der Waals surface area contributed by atoms with Crippen molar-refractivity contribution < 1.29 is 4.74 Å². The Morgan fingerprint density at radius 1 is 1.28 bits per heavy atom. The maximum absolute atomic E-state index is 5.72. The highest BCUT2D eigenvalue weighted by molar-refractivity contribution is 5.95. The van der Waals surface area contributed by atoms with E-state index in [-0.39, 0.29) is 0 Å². The zero-order chi connectivity index (χ0) is 12.6. The first-order chi connectivity index (χ1) is 8.90. The molecule has 0 amide bonds. The van der Waals surface area contributed by atoms with Crippen molar-refractivity contribution in [1.29, 1.82) is 0 Å². The van der Waals surface area contributed by atoms with E-state index in [1.807, 2.05) is 30.3 Å². The van der Waals surface area contributed by atoms with Gasteiger partial charge in [0, 0.05) is 12.0 Å². The van der Waals surface area contributed by atoms with E-state index in [4.69, 9.17) is 11.2 Å². The van der Waals surface area contributed by atoms with Crippen LogP contribution in [0.15, 0.2) is 47.2 Å². The standard InChI is InChI=1S/C16H17NO/c1-2-3-4-5-9-12-15-13-17-16(18-15)14-10-7-6-8-11-14/h1,6-8,10-12H,3-5,9,13H2/b15-12-. The lowest BCUT2D eigenvalue weighted by Gasteiger charge is -2.02. The summed E-state index contributed by atoms with van der Waals surface area (Å²) in [6, 6.07) is 9.98. The number of terminal acetylenes is 1. The predicted octanol–water partition coefficient (Wildman–Crippen LogP) is 3.54. The van der Waals surface area contributed by atoms with E-state index in [2.05, 4.69) is 17.0 Å². The molecule has 0 bridgehead atoms. The monoisotopic (exact) mass is 239 g/mol. The van der Waals surface area contributed by atoms with Gasteiger partial charge >= 0.3 is 0 Å². The minimum Gasteiger partial charge on any atom is -0.441 e. The second-order valence-electron chi connectivity index (χ2n) is 4.21. The second-order valence-corrected chi connectivity index (χ2v) is 4.21. The number of allylic oxidation sites excluding steroid dienone is 1. The molecular formula is C16H17NO. The number of hydrogen-bond acceptors (Lipinski definition) is 2. The van der Waals surface area contributed by atoms with Crippen LogP contribution < -0.4 is 0 Å². The SMILES string of the molecule is C#CCCCC/C=C1/CN=C(c2ccccc2)O1. The lowest BCUT2D eigenvalue weighted by atomic mass is 10.2. The highest BCUT2D eigenvalue weighted by atomic mass is 16.5. The number of benzene rings is 1. The van der Waals surface area contributed by atoms with Gasteiger partial charge in [-0.2, -0.15) is 0 Å². The van der Waals surface area contributed by atoms with Gasteiger partial charge in [0.15, 0.2) is 0 Å². The van der Waals surface area contributed by atoms with Crippen molar-refractivity contribution in [1.82, 2.24) is 0 Å². The first-order valence-corrected chi connectivity index (χ1v) is 6.30. The summed E-state index contributed by atoms with van der Waals surface area (Å²) in [6.07, 6.45) is 11.4. The molecule has 1 aliphatic heterocycles. The Balaban J connectivity index is 1.81. The Hall–Kier alpha value is -2.01. The van der Waals surface area contributed by atoms with Crippen molar-refractivity contribution in [2.24, 2.45) is 4.99 Å². The van der Waals surface area contributed by atoms with Crippen molar-refractivity contribution >= 4 is 5.90 Å². The molecule has 2 rings (SSSR count). The molecule has 0 radical (unpaired) electrons. The molecule has 0 aromatic heterocycles. The van der Waals surface area contributed by atoms with Gasteiger partial charge in [-0.25, -0.2) is 4.99 Å². The normalized spacial score (nSPS) is 16.2. The van der Waals surface area contributed by atoms with Crippen LogP contribution in [0.1, 0.15) is 31.2 Å². The summed E-state index contributed by atoms with van der Waals surface area (Å²) in [6.45, 7) is 0.652. The van der Waals surface area contributed by atoms with Crippen molar-refractivity contribution in [3.05, 3.63) is 47.7 Å². The molecular weight excluding hydrogens is 222 g/mol. The topological polar surface area (TPSA) is 21.6 Å². The van der Waals surface area contributed by atoms with E-state index in [1.54, 1.807) is 0 Å². The fraction of sp³-hybridized carbons (Fsp3) is 0.312. The Labute approximate surface area is 108 Å². The fourth-order valence-corrected chi connectivity index (χ4v) is 1.81. The number of rotatable bonds is 5. The summed E-state index contributed by atoms with van der Waals surface area (Å²) < 4.78 is 5.72. The van der Waals surface area contributed by atoms with E-state index < -0.39 is 0 Å². The zero-order valence-corrected chi connectivity index (χ0v) is 10.4. The van der Waals surface area contributed by atoms with E-state index in [0.717, 1.165) is 42.9 Å². The van der Waals surface area contributed by atoms with Crippen molar-refractivity contribution in [2.75, 3.05) is 6.54 Å². The molecule has 1 aliphatic rings. The van der Waals surface area contributed by atoms with Gasteiger partial charge in [-0.15, -0.1) is 12.3 Å². The Morgan fingerprint density at radius 3 is 2.89 bits per heavy atom. The van der Waals surface area contributed by atoms with Crippen molar-refractivity contribution in [3.63, 3.8) is 0 Å². The van der Waals surface area contributed by atoms with Crippen LogP contribution in [0.25, 0.3) is 0 Å². The number of nitrogens with zero attached hydrogens (tertiary/aromatic N) is 1. The van der Waals surface area contributed by atoms with Gasteiger partial charge in [0.05, 0.1) is 0 Å². The summed E-state index contributed by atoms with van der Waals surface area (Å²) in [4.78, 5) is 4.40. The third-order valence-corrected chi connectivity index (χ3v) is 2.77. The summed E-state index contributed by atoms with van der Waals surface area (Å²) in [5.41, 5.74) is 1.04. The summed E-state index contributed by atoms with van der Waals surface area (Å²) in [5.74, 6) is 4.33. The quantitative estimate of drug-likeness (QED) is 0.569. The minimum atomic E-state index is 0.652. The number of ether oxygens (including phenoxy) is 1. The molecule has 92 valence electrons. The van der Waals surface area contributed by atoms with E-state index in [0.29, 0.717) is 6.54 Å². The maximum atomic E-state index is 5.72. The molecule has 0 saturated heterocycles. The van der Waals surface area contributed by atoms with Gasteiger partial charge in [-0.05, 0) is 37.5 Å². The smallest absolute Gasteiger partial charge is 0.222 e. The Morgan fingerprint density at radius 2 is 2.11 bits per heavy atom. The Kier molecular flexibility index (Phi) is 4.60. The first-order valence-electron chi connectivity index (χ1n) is 6.30. The zero-order valence-electron chi connectivity index (χ0n) is 10.4. The highest BCUT2D eigenvalue weighted by Crippen LogP contribution is 2.16. The maximum Gasteiger partial charge on any atom is 0.222 e. The highest BCUT2D eigenvalue weighted by Gasteiger charge is 2.14. The molecule has 0 spiro atoms. The van der Waals surface area contributed by atoms with Crippen LogP contribution in [-0.2, 0) is 4.74 Å². The van der Waals surface area contributed by atoms with Crippen LogP contribution in [0.4, 0.5) is 0 Å². The molecule has 0 atom stereocenters. The summed E-state index contributed by atoms with van der Waals surface area (Å²) in [5, 5.41) is 0. The van der Waals surface area contributed by atoms with Crippen LogP contribution in [-0.4, -0.2) is 12.4 Å². The van der Waals surface area contributed by atoms with Gasteiger partial charge < -0.3 is 4.74 Å². The average Bonchev–Trinajstić information content (AvgIpc) is 2.88. The minimum absolute atomic E-state index is 0.652. The van der Waals surface area contributed by atoms with Crippen LogP contribution in [0.2, 0.25) is 0 Å². The van der Waals surface area contributed by atoms with Crippen LogP contribution >= 0.6 is 0 Å². The predicted molar refractivity (Wildman–Crippen MR) is 74.3 cm³/mol.